The monoisotopic (exact) mass is 264 g/mol. The molecule has 0 radical (unpaired) electrons. The van der Waals surface area contributed by atoms with E-state index in [9.17, 15) is 10.2 Å². The second-order valence-corrected chi connectivity index (χ2v) is 4.53. The molecule has 2 N–H and O–H groups in total. The van der Waals surface area contributed by atoms with Gasteiger partial charge in [-0.3, -0.25) is 0 Å². The van der Waals surface area contributed by atoms with Crippen LogP contribution in [0.25, 0.3) is 0 Å². The van der Waals surface area contributed by atoms with E-state index in [1.165, 1.54) is 0 Å². The van der Waals surface area contributed by atoms with Gasteiger partial charge in [-0.05, 0) is 13.8 Å². The molecule has 0 spiro atoms. The van der Waals surface area contributed by atoms with Gasteiger partial charge in [0.1, 0.15) is 11.2 Å². The predicted octanol–water partition coefficient (Wildman–Crippen LogP) is -0.432. The van der Waals surface area contributed by atoms with E-state index < -0.39 is 11.2 Å². The van der Waals surface area contributed by atoms with Crippen molar-refractivity contribution in [1.29, 1.82) is 0 Å². The molecule has 0 aromatic carbocycles. The first-order valence-corrected chi connectivity index (χ1v) is 6.31. The second-order valence-electron chi connectivity index (χ2n) is 4.53. The van der Waals surface area contributed by atoms with Crippen molar-refractivity contribution in [3.05, 3.63) is 0 Å². The van der Waals surface area contributed by atoms with Crippen molar-refractivity contribution in [2.45, 2.75) is 25.0 Å². The Hall–Kier alpha value is -0.240. The number of hydrogen-bond donors (Lipinski definition) is 2. The lowest BCUT2D eigenvalue weighted by molar-refractivity contribution is -0.277. The van der Waals surface area contributed by atoms with Crippen LogP contribution in [0.2, 0.25) is 0 Å². The molecule has 6 nitrogen and oxygen atoms in total. The van der Waals surface area contributed by atoms with Crippen LogP contribution < -0.4 is 0 Å². The Morgan fingerprint density at radius 3 is 1.50 bits per heavy atom. The highest BCUT2D eigenvalue weighted by Gasteiger charge is 2.44. The summed E-state index contributed by atoms with van der Waals surface area (Å²) in [6, 6.07) is 0. The van der Waals surface area contributed by atoms with E-state index in [0.717, 1.165) is 0 Å². The molecule has 0 amide bonds. The Morgan fingerprint density at radius 1 is 0.889 bits per heavy atom. The molecule has 1 saturated heterocycles. The Morgan fingerprint density at radius 2 is 1.28 bits per heavy atom. The van der Waals surface area contributed by atoms with Crippen LogP contribution in [-0.4, -0.2) is 74.3 Å². The minimum absolute atomic E-state index is 0.177. The van der Waals surface area contributed by atoms with E-state index in [1.807, 2.05) is 13.8 Å². The van der Waals surface area contributed by atoms with Crippen molar-refractivity contribution in [1.82, 2.24) is 0 Å². The van der Waals surface area contributed by atoms with Crippen molar-refractivity contribution in [2.24, 2.45) is 0 Å². The lowest BCUT2D eigenvalue weighted by Crippen LogP contribution is -2.60. The van der Waals surface area contributed by atoms with Crippen molar-refractivity contribution in [3.8, 4) is 0 Å². The molecule has 0 aromatic heterocycles. The first-order chi connectivity index (χ1) is 8.66. The molecule has 0 bridgehead atoms. The fourth-order valence-corrected chi connectivity index (χ4v) is 1.67. The quantitative estimate of drug-likeness (QED) is 0.619. The van der Waals surface area contributed by atoms with Crippen LogP contribution >= 0.6 is 0 Å². The molecule has 1 heterocycles. The maximum Gasteiger partial charge on any atom is 0.138 e. The average Bonchev–Trinajstić information content (AvgIpc) is 2.44. The lowest BCUT2D eigenvalue weighted by Gasteiger charge is -2.44. The predicted molar refractivity (Wildman–Crippen MR) is 64.5 cm³/mol. The summed E-state index contributed by atoms with van der Waals surface area (Å²) in [5.41, 5.74) is -1.66. The summed E-state index contributed by atoms with van der Waals surface area (Å²) in [6.07, 6.45) is 0. The zero-order valence-corrected chi connectivity index (χ0v) is 11.2. The summed E-state index contributed by atoms with van der Waals surface area (Å²) >= 11 is 0. The Bertz CT molecular complexity index is 201. The highest BCUT2D eigenvalue weighted by atomic mass is 16.6. The van der Waals surface area contributed by atoms with Crippen molar-refractivity contribution < 1.29 is 29.2 Å². The van der Waals surface area contributed by atoms with E-state index in [1.54, 1.807) is 0 Å². The molecule has 0 unspecified atom stereocenters. The highest BCUT2D eigenvalue weighted by molar-refractivity contribution is 4.91. The molecule has 1 aliphatic heterocycles. The van der Waals surface area contributed by atoms with E-state index in [-0.39, 0.29) is 39.6 Å². The van der Waals surface area contributed by atoms with Gasteiger partial charge in [-0.15, -0.1) is 0 Å². The molecule has 0 aromatic rings. The summed E-state index contributed by atoms with van der Waals surface area (Å²) < 4.78 is 21.9. The Balaban J connectivity index is 2.54. The zero-order valence-electron chi connectivity index (χ0n) is 11.2. The normalized spacial score (nSPS) is 32.7. The van der Waals surface area contributed by atoms with Crippen LogP contribution in [0.1, 0.15) is 13.8 Å². The van der Waals surface area contributed by atoms with Crippen LogP contribution in [0, 0.1) is 0 Å². The number of rotatable bonds is 8. The fraction of sp³-hybridized carbons (Fsp3) is 1.00. The number of aliphatic hydroxyl groups excluding tert-OH is 2. The first-order valence-electron chi connectivity index (χ1n) is 6.31. The summed E-state index contributed by atoms with van der Waals surface area (Å²) in [7, 11) is 0. The molecule has 108 valence electrons. The van der Waals surface area contributed by atoms with Crippen molar-refractivity contribution in [2.75, 3.05) is 52.9 Å². The maximum atomic E-state index is 9.41. The molecule has 1 fully saturated rings. The summed E-state index contributed by atoms with van der Waals surface area (Å²) in [5, 5.41) is 18.8. The van der Waals surface area contributed by atoms with Gasteiger partial charge in [-0.25, -0.2) is 0 Å². The standard InChI is InChI=1S/C12H24O6/c1-3-15-7-11(5-13)9-18-12(6-14,10-17-11)8-16-4-2/h13-14H,3-10H2,1-2H3/t11-,12-/m1/s1. The van der Waals surface area contributed by atoms with Gasteiger partial charge < -0.3 is 29.2 Å². The van der Waals surface area contributed by atoms with Gasteiger partial charge in [0.2, 0.25) is 0 Å². The van der Waals surface area contributed by atoms with Gasteiger partial charge in [-0.2, -0.15) is 0 Å². The van der Waals surface area contributed by atoms with E-state index in [0.29, 0.717) is 13.2 Å². The van der Waals surface area contributed by atoms with Crippen LogP contribution in [0.4, 0.5) is 0 Å². The molecule has 0 aliphatic carbocycles. The van der Waals surface area contributed by atoms with Gasteiger partial charge in [-0.1, -0.05) is 0 Å². The van der Waals surface area contributed by atoms with E-state index >= 15 is 0 Å². The summed E-state index contributed by atoms with van der Waals surface area (Å²) in [4.78, 5) is 0. The van der Waals surface area contributed by atoms with Crippen molar-refractivity contribution in [3.63, 3.8) is 0 Å². The van der Waals surface area contributed by atoms with Crippen LogP contribution in [0.5, 0.6) is 0 Å². The van der Waals surface area contributed by atoms with Gasteiger partial charge in [0.25, 0.3) is 0 Å². The fourth-order valence-electron chi connectivity index (χ4n) is 1.67. The van der Waals surface area contributed by atoms with Gasteiger partial charge in [0, 0.05) is 13.2 Å². The third-order valence-corrected chi connectivity index (χ3v) is 3.00. The lowest BCUT2D eigenvalue weighted by atomic mass is 10.0. The highest BCUT2D eigenvalue weighted by Crippen LogP contribution is 2.26. The van der Waals surface area contributed by atoms with Gasteiger partial charge >= 0.3 is 0 Å². The number of aliphatic hydroxyl groups is 2. The summed E-state index contributed by atoms with van der Waals surface area (Å²) in [5.74, 6) is 0. The molecule has 2 atom stereocenters. The van der Waals surface area contributed by atoms with Gasteiger partial charge in [0.05, 0.1) is 39.6 Å². The number of hydrogen-bond acceptors (Lipinski definition) is 6. The summed E-state index contributed by atoms with van der Waals surface area (Å²) in [6.45, 7) is 5.40. The van der Waals surface area contributed by atoms with Crippen molar-refractivity contribution >= 4 is 0 Å². The minimum Gasteiger partial charge on any atom is -0.393 e. The Kier molecular flexibility index (Phi) is 6.48. The molecule has 6 heteroatoms. The van der Waals surface area contributed by atoms with E-state index in [4.69, 9.17) is 18.9 Å². The molecule has 0 saturated carbocycles. The van der Waals surface area contributed by atoms with Crippen LogP contribution in [0.3, 0.4) is 0 Å². The molecule has 1 aliphatic rings. The minimum atomic E-state index is -0.832. The third kappa shape index (κ3) is 3.88. The first kappa shape index (κ1) is 15.8. The SMILES string of the molecule is CCOC[C@]1(CO)CO[C@](CO)(COCC)CO1. The topological polar surface area (TPSA) is 77.4 Å². The Labute approximate surface area is 108 Å². The van der Waals surface area contributed by atoms with Crippen LogP contribution in [-0.2, 0) is 18.9 Å². The zero-order chi connectivity index (χ0) is 13.5. The molecule has 1 rings (SSSR count). The van der Waals surface area contributed by atoms with Crippen LogP contribution in [0.15, 0.2) is 0 Å². The molecular weight excluding hydrogens is 240 g/mol. The maximum absolute atomic E-state index is 9.41. The van der Waals surface area contributed by atoms with Gasteiger partial charge in [0.15, 0.2) is 0 Å². The molecular formula is C12H24O6. The number of ether oxygens (including phenoxy) is 4. The largest absolute Gasteiger partial charge is 0.393 e. The van der Waals surface area contributed by atoms with E-state index in [2.05, 4.69) is 0 Å². The average molecular weight is 264 g/mol. The smallest absolute Gasteiger partial charge is 0.138 e. The third-order valence-electron chi connectivity index (χ3n) is 3.00. The second kappa shape index (κ2) is 7.37. The molecule has 18 heavy (non-hydrogen) atoms.